The van der Waals surface area contributed by atoms with Gasteiger partial charge in [-0.25, -0.2) is 8.42 Å². The molecule has 8 heteroatoms. The number of carbonyl (C=O) groups is 2. The molecule has 0 saturated carbocycles. The quantitative estimate of drug-likeness (QED) is 0.724. The number of hydrogen-bond acceptors (Lipinski definition) is 4. The topological polar surface area (TPSA) is 86.8 Å². The van der Waals surface area contributed by atoms with Crippen LogP contribution in [0.1, 0.15) is 43.7 Å². The monoisotopic (exact) mass is 455 g/mol. The Balaban J connectivity index is 1.57. The molecule has 2 heterocycles. The Bertz CT molecular complexity index is 1120. The average molecular weight is 456 g/mol. The second-order valence-corrected chi connectivity index (χ2v) is 10.3. The van der Waals surface area contributed by atoms with Gasteiger partial charge in [0.2, 0.25) is 21.8 Å². The van der Waals surface area contributed by atoms with Gasteiger partial charge in [-0.3, -0.25) is 9.59 Å². The molecule has 0 radical (unpaired) electrons. The minimum absolute atomic E-state index is 0.111. The zero-order valence-corrected chi connectivity index (χ0v) is 19.2. The van der Waals surface area contributed by atoms with E-state index in [1.54, 1.807) is 18.2 Å². The molecule has 32 heavy (non-hydrogen) atoms. The van der Waals surface area contributed by atoms with Crippen LogP contribution in [0.25, 0.3) is 0 Å². The van der Waals surface area contributed by atoms with Crippen molar-refractivity contribution in [3.05, 3.63) is 53.6 Å². The van der Waals surface area contributed by atoms with Gasteiger partial charge in [-0.1, -0.05) is 19.1 Å². The maximum atomic E-state index is 13.0. The summed E-state index contributed by atoms with van der Waals surface area (Å²) in [5.74, 6) is -0.412. The SMILES string of the molecule is CCc1cccc(NC(=O)CN2C(=O)CCCc3cc(S(=O)(=O)N4CCCC4)ccc32)c1. The van der Waals surface area contributed by atoms with Gasteiger partial charge in [-0.2, -0.15) is 4.31 Å². The van der Waals surface area contributed by atoms with E-state index in [1.165, 1.54) is 9.21 Å². The van der Waals surface area contributed by atoms with Gasteiger partial charge in [0.05, 0.1) is 4.90 Å². The molecule has 0 aliphatic carbocycles. The molecule has 0 bridgehead atoms. The van der Waals surface area contributed by atoms with Crippen molar-refractivity contribution >= 4 is 33.2 Å². The van der Waals surface area contributed by atoms with Crippen LogP contribution in [0, 0.1) is 0 Å². The van der Waals surface area contributed by atoms with Crippen molar-refractivity contribution in [3.63, 3.8) is 0 Å². The third-order valence-electron chi connectivity index (χ3n) is 6.10. The van der Waals surface area contributed by atoms with Crippen molar-refractivity contribution in [2.45, 2.75) is 50.3 Å². The number of rotatable bonds is 6. The van der Waals surface area contributed by atoms with Gasteiger partial charge in [-0.15, -0.1) is 0 Å². The molecule has 2 aliphatic heterocycles. The van der Waals surface area contributed by atoms with Gasteiger partial charge in [0.15, 0.2) is 0 Å². The summed E-state index contributed by atoms with van der Waals surface area (Å²) in [6.45, 7) is 3.03. The standard InChI is InChI=1S/C24H29N3O4S/c1-2-18-7-5-9-20(15-18)25-23(28)17-27-22-12-11-21(16-19(22)8-6-10-24(27)29)32(30,31)26-13-3-4-14-26/h5,7,9,11-12,15-16H,2-4,6,8,10,13-14,17H2,1H3,(H,25,28). The maximum Gasteiger partial charge on any atom is 0.244 e. The Morgan fingerprint density at radius 3 is 2.56 bits per heavy atom. The molecule has 170 valence electrons. The molecular weight excluding hydrogens is 426 g/mol. The Labute approximate surface area is 189 Å². The molecule has 2 amide bonds. The predicted molar refractivity (Wildman–Crippen MR) is 124 cm³/mol. The van der Waals surface area contributed by atoms with E-state index in [0.29, 0.717) is 43.7 Å². The minimum Gasteiger partial charge on any atom is -0.325 e. The number of anilines is 2. The number of amides is 2. The first kappa shape index (κ1) is 22.5. The second-order valence-electron chi connectivity index (χ2n) is 8.34. The molecule has 2 aromatic rings. The summed E-state index contributed by atoms with van der Waals surface area (Å²) >= 11 is 0. The second kappa shape index (κ2) is 9.42. The fourth-order valence-electron chi connectivity index (χ4n) is 4.35. The van der Waals surface area contributed by atoms with Crippen molar-refractivity contribution in [2.75, 3.05) is 29.9 Å². The number of aryl methyl sites for hydroxylation is 2. The first-order valence-corrected chi connectivity index (χ1v) is 12.6. The van der Waals surface area contributed by atoms with Crippen molar-refractivity contribution < 1.29 is 18.0 Å². The van der Waals surface area contributed by atoms with Crippen LogP contribution in [0.5, 0.6) is 0 Å². The average Bonchev–Trinajstić information content (AvgIpc) is 3.29. The predicted octanol–water partition coefficient (Wildman–Crippen LogP) is 3.34. The fraction of sp³-hybridized carbons (Fsp3) is 0.417. The highest BCUT2D eigenvalue weighted by atomic mass is 32.2. The minimum atomic E-state index is -3.53. The van der Waals surface area contributed by atoms with Crippen molar-refractivity contribution in [1.82, 2.24) is 4.31 Å². The van der Waals surface area contributed by atoms with Crippen LogP contribution in [0.15, 0.2) is 47.4 Å². The number of carbonyl (C=O) groups excluding carboxylic acids is 2. The lowest BCUT2D eigenvalue weighted by molar-refractivity contribution is -0.121. The number of benzene rings is 2. The molecule has 1 fully saturated rings. The Hall–Kier alpha value is -2.71. The van der Waals surface area contributed by atoms with E-state index >= 15 is 0 Å². The van der Waals surface area contributed by atoms with Gasteiger partial charge in [0.1, 0.15) is 6.54 Å². The highest BCUT2D eigenvalue weighted by Crippen LogP contribution is 2.31. The summed E-state index contributed by atoms with van der Waals surface area (Å²) in [5, 5.41) is 2.87. The molecule has 0 aromatic heterocycles. The van der Waals surface area contributed by atoms with Crippen molar-refractivity contribution in [2.24, 2.45) is 0 Å². The van der Waals surface area contributed by atoms with E-state index in [1.807, 2.05) is 31.2 Å². The van der Waals surface area contributed by atoms with E-state index in [-0.39, 0.29) is 23.3 Å². The first-order valence-electron chi connectivity index (χ1n) is 11.2. The zero-order chi connectivity index (χ0) is 22.7. The molecule has 1 N–H and O–H groups in total. The third-order valence-corrected chi connectivity index (χ3v) is 8.00. The maximum absolute atomic E-state index is 13.0. The summed E-state index contributed by atoms with van der Waals surface area (Å²) in [6.07, 6.45) is 4.16. The van der Waals surface area contributed by atoms with Crippen LogP contribution in [0.3, 0.4) is 0 Å². The van der Waals surface area contributed by atoms with Crippen LogP contribution >= 0.6 is 0 Å². The van der Waals surface area contributed by atoms with E-state index < -0.39 is 10.0 Å². The highest BCUT2D eigenvalue weighted by molar-refractivity contribution is 7.89. The Morgan fingerprint density at radius 1 is 1.03 bits per heavy atom. The van der Waals surface area contributed by atoms with Gasteiger partial charge in [-0.05, 0) is 73.6 Å². The Morgan fingerprint density at radius 2 is 1.81 bits per heavy atom. The first-order chi connectivity index (χ1) is 15.4. The van der Waals surface area contributed by atoms with Gasteiger partial charge >= 0.3 is 0 Å². The fourth-order valence-corrected chi connectivity index (χ4v) is 5.92. The Kier molecular flexibility index (Phi) is 6.62. The summed E-state index contributed by atoms with van der Waals surface area (Å²) < 4.78 is 27.5. The number of sulfonamides is 1. The summed E-state index contributed by atoms with van der Waals surface area (Å²) in [7, 11) is -3.53. The van der Waals surface area contributed by atoms with E-state index in [2.05, 4.69) is 5.32 Å². The molecule has 2 aromatic carbocycles. The molecule has 1 saturated heterocycles. The zero-order valence-electron chi connectivity index (χ0n) is 18.3. The van der Waals surface area contributed by atoms with Gasteiger partial charge in [0, 0.05) is 30.9 Å². The third kappa shape index (κ3) is 4.71. The van der Waals surface area contributed by atoms with Crippen LogP contribution in [0.4, 0.5) is 11.4 Å². The molecular formula is C24H29N3O4S. The normalized spacial score (nSPS) is 17.2. The lowest BCUT2D eigenvalue weighted by atomic mass is 10.1. The van der Waals surface area contributed by atoms with E-state index in [9.17, 15) is 18.0 Å². The van der Waals surface area contributed by atoms with E-state index in [0.717, 1.165) is 30.4 Å². The largest absolute Gasteiger partial charge is 0.325 e. The molecule has 0 spiro atoms. The smallest absolute Gasteiger partial charge is 0.244 e. The molecule has 0 atom stereocenters. The van der Waals surface area contributed by atoms with Crippen LogP contribution in [-0.4, -0.2) is 44.2 Å². The molecule has 4 rings (SSSR count). The summed E-state index contributed by atoms with van der Waals surface area (Å²) in [4.78, 5) is 27.3. The van der Waals surface area contributed by atoms with Crippen LogP contribution in [0.2, 0.25) is 0 Å². The van der Waals surface area contributed by atoms with Gasteiger partial charge in [0.25, 0.3) is 0 Å². The lowest BCUT2D eigenvalue weighted by Gasteiger charge is -2.24. The van der Waals surface area contributed by atoms with E-state index in [4.69, 9.17) is 0 Å². The molecule has 2 aliphatic rings. The molecule has 7 nitrogen and oxygen atoms in total. The highest BCUT2D eigenvalue weighted by Gasteiger charge is 2.30. The number of hydrogen-bond donors (Lipinski definition) is 1. The molecule has 0 unspecified atom stereocenters. The van der Waals surface area contributed by atoms with Crippen LogP contribution < -0.4 is 10.2 Å². The number of nitrogens with one attached hydrogen (secondary N) is 1. The van der Waals surface area contributed by atoms with Crippen molar-refractivity contribution in [3.8, 4) is 0 Å². The van der Waals surface area contributed by atoms with Crippen molar-refractivity contribution in [1.29, 1.82) is 0 Å². The van der Waals surface area contributed by atoms with Gasteiger partial charge < -0.3 is 10.2 Å². The lowest BCUT2D eigenvalue weighted by Crippen LogP contribution is -2.37. The summed E-state index contributed by atoms with van der Waals surface area (Å²) in [5.41, 5.74) is 3.22. The number of nitrogens with zero attached hydrogens (tertiary/aromatic N) is 2. The van der Waals surface area contributed by atoms with Crippen LogP contribution in [-0.2, 0) is 32.5 Å². The summed E-state index contributed by atoms with van der Waals surface area (Å²) in [6, 6.07) is 12.5. The number of fused-ring (bicyclic) bond motifs is 1.